The molecule has 0 radical (unpaired) electrons. The molecule has 0 bridgehead atoms. The number of hydrogen-bond donors (Lipinski definition) is 0. The number of aryl methyl sites for hydroxylation is 1. The number of non-ortho nitro benzene ring substituents is 1. The van der Waals surface area contributed by atoms with Gasteiger partial charge in [-0.25, -0.2) is 8.42 Å². The van der Waals surface area contributed by atoms with Crippen molar-refractivity contribution < 1.29 is 18.1 Å². The molecule has 29 heavy (non-hydrogen) atoms. The molecule has 1 saturated heterocycles. The fraction of sp³-hybridized carbons (Fsp3) is 0.278. The molecule has 2 aromatic rings. The molecular formula is C18H17Cl2N3O5S. The molecule has 1 aliphatic rings. The second-order valence-electron chi connectivity index (χ2n) is 6.56. The Hall–Kier alpha value is -2.20. The van der Waals surface area contributed by atoms with Gasteiger partial charge in [0.05, 0.1) is 9.82 Å². The molecule has 154 valence electrons. The van der Waals surface area contributed by atoms with Crippen LogP contribution in [0.2, 0.25) is 10.0 Å². The van der Waals surface area contributed by atoms with Crippen molar-refractivity contribution in [1.82, 2.24) is 9.21 Å². The minimum absolute atomic E-state index is 0.0739. The monoisotopic (exact) mass is 457 g/mol. The highest BCUT2D eigenvalue weighted by Crippen LogP contribution is 2.26. The number of hydrogen-bond acceptors (Lipinski definition) is 5. The molecule has 0 atom stereocenters. The van der Waals surface area contributed by atoms with Crippen LogP contribution in [0.4, 0.5) is 5.69 Å². The van der Waals surface area contributed by atoms with Gasteiger partial charge in [-0.2, -0.15) is 4.31 Å². The Morgan fingerprint density at radius 1 is 1.03 bits per heavy atom. The number of amides is 1. The van der Waals surface area contributed by atoms with Crippen molar-refractivity contribution >= 4 is 44.8 Å². The van der Waals surface area contributed by atoms with E-state index in [4.69, 9.17) is 23.2 Å². The van der Waals surface area contributed by atoms with E-state index in [-0.39, 0.29) is 42.7 Å². The Bertz CT molecular complexity index is 1060. The highest BCUT2D eigenvalue weighted by Gasteiger charge is 2.32. The van der Waals surface area contributed by atoms with Gasteiger partial charge >= 0.3 is 0 Å². The van der Waals surface area contributed by atoms with Gasteiger partial charge in [-0.05, 0) is 30.7 Å². The van der Waals surface area contributed by atoms with E-state index in [1.807, 2.05) is 0 Å². The van der Waals surface area contributed by atoms with Gasteiger partial charge in [0, 0.05) is 53.9 Å². The van der Waals surface area contributed by atoms with Crippen LogP contribution >= 0.6 is 23.2 Å². The summed E-state index contributed by atoms with van der Waals surface area (Å²) in [5, 5.41) is 11.7. The first kappa shape index (κ1) is 21.5. The highest BCUT2D eigenvalue weighted by atomic mass is 35.5. The zero-order valence-electron chi connectivity index (χ0n) is 15.3. The van der Waals surface area contributed by atoms with Crippen molar-refractivity contribution in [3.63, 3.8) is 0 Å². The largest absolute Gasteiger partial charge is 0.336 e. The molecule has 3 rings (SSSR count). The van der Waals surface area contributed by atoms with Crippen molar-refractivity contribution in [3.8, 4) is 0 Å². The van der Waals surface area contributed by atoms with E-state index in [0.717, 1.165) is 6.07 Å². The summed E-state index contributed by atoms with van der Waals surface area (Å²) in [5.41, 5.74) is 0.455. The normalized spacial score (nSPS) is 15.3. The Labute approximate surface area is 177 Å². The van der Waals surface area contributed by atoms with Crippen LogP contribution in [-0.2, 0) is 10.0 Å². The fourth-order valence-corrected chi connectivity index (χ4v) is 5.30. The van der Waals surface area contributed by atoms with Crippen LogP contribution in [0.5, 0.6) is 0 Å². The molecule has 0 aliphatic carbocycles. The second kappa shape index (κ2) is 8.27. The molecule has 1 aliphatic heterocycles. The summed E-state index contributed by atoms with van der Waals surface area (Å²) in [7, 11) is -3.93. The number of benzene rings is 2. The molecule has 0 N–H and O–H groups in total. The van der Waals surface area contributed by atoms with Gasteiger partial charge < -0.3 is 4.90 Å². The first-order valence-corrected chi connectivity index (χ1v) is 10.8. The molecule has 0 aromatic heterocycles. The van der Waals surface area contributed by atoms with E-state index in [1.165, 1.54) is 39.5 Å². The number of halogens is 2. The van der Waals surface area contributed by atoms with Gasteiger partial charge in [-0.1, -0.05) is 29.3 Å². The molecule has 1 amide bonds. The number of sulfonamides is 1. The highest BCUT2D eigenvalue weighted by molar-refractivity contribution is 7.89. The van der Waals surface area contributed by atoms with Crippen LogP contribution in [0.3, 0.4) is 0 Å². The molecule has 0 unspecified atom stereocenters. The molecule has 1 fully saturated rings. The Balaban J connectivity index is 1.77. The average molecular weight is 458 g/mol. The quantitative estimate of drug-likeness (QED) is 0.517. The summed E-state index contributed by atoms with van der Waals surface area (Å²) in [5.74, 6) is -0.294. The fourth-order valence-electron chi connectivity index (χ4n) is 3.11. The first-order chi connectivity index (χ1) is 13.6. The summed E-state index contributed by atoms with van der Waals surface area (Å²) in [6.07, 6.45) is 0. The van der Waals surface area contributed by atoms with Crippen molar-refractivity contribution in [1.29, 1.82) is 0 Å². The minimum Gasteiger partial charge on any atom is -0.336 e. The number of rotatable bonds is 4. The first-order valence-electron chi connectivity index (χ1n) is 8.60. The third kappa shape index (κ3) is 4.53. The van der Waals surface area contributed by atoms with Gasteiger partial charge in [-0.15, -0.1) is 0 Å². The summed E-state index contributed by atoms with van der Waals surface area (Å²) < 4.78 is 27.2. The number of nitro benzene ring substituents is 1. The Morgan fingerprint density at radius 3 is 2.17 bits per heavy atom. The van der Waals surface area contributed by atoms with Gasteiger partial charge in [0.25, 0.3) is 11.6 Å². The van der Waals surface area contributed by atoms with E-state index in [2.05, 4.69) is 0 Å². The molecule has 2 aromatic carbocycles. The van der Waals surface area contributed by atoms with Crippen LogP contribution in [-0.4, -0.2) is 54.6 Å². The van der Waals surface area contributed by atoms with Crippen molar-refractivity contribution in [2.75, 3.05) is 26.2 Å². The van der Waals surface area contributed by atoms with Crippen molar-refractivity contribution in [2.45, 2.75) is 11.8 Å². The van der Waals surface area contributed by atoms with E-state index >= 15 is 0 Å². The third-order valence-corrected chi connectivity index (χ3v) is 7.11. The Kier molecular flexibility index (Phi) is 6.13. The molecule has 1 heterocycles. The smallest absolute Gasteiger partial charge is 0.270 e. The van der Waals surface area contributed by atoms with Gasteiger partial charge in [0.2, 0.25) is 10.0 Å². The summed E-state index contributed by atoms with van der Waals surface area (Å²) in [4.78, 5) is 24.5. The lowest BCUT2D eigenvalue weighted by Crippen LogP contribution is -2.50. The summed E-state index contributed by atoms with van der Waals surface area (Å²) in [6.45, 7) is 2.08. The maximum Gasteiger partial charge on any atom is 0.270 e. The number of carbonyl (C=O) groups excluding carboxylic acids is 1. The third-order valence-electron chi connectivity index (χ3n) is 4.64. The van der Waals surface area contributed by atoms with Gasteiger partial charge in [0.15, 0.2) is 0 Å². The zero-order chi connectivity index (χ0) is 21.3. The second-order valence-corrected chi connectivity index (χ2v) is 9.34. The number of piperazine rings is 1. The molecule has 11 heteroatoms. The van der Waals surface area contributed by atoms with E-state index in [1.54, 1.807) is 6.92 Å². The van der Waals surface area contributed by atoms with E-state index < -0.39 is 14.9 Å². The molecular weight excluding hydrogens is 441 g/mol. The lowest BCUT2D eigenvalue weighted by atomic mass is 10.2. The lowest BCUT2D eigenvalue weighted by Gasteiger charge is -2.34. The van der Waals surface area contributed by atoms with Crippen LogP contribution in [0.15, 0.2) is 41.3 Å². The number of nitro groups is 1. The van der Waals surface area contributed by atoms with Crippen LogP contribution in [0.1, 0.15) is 15.9 Å². The van der Waals surface area contributed by atoms with Crippen LogP contribution in [0, 0.1) is 17.0 Å². The standard InChI is InChI=1S/C18H17Cl2N3O5S/c1-12-2-3-16(23(25)26)11-17(12)29(27,28)22-6-4-21(5-7-22)18(24)13-8-14(19)10-15(20)9-13/h2-3,8-11H,4-7H2,1H3. The minimum atomic E-state index is -3.93. The van der Waals surface area contributed by atoms with Gasteiger partial charge in [-0.3, -0.25) is 14.9 Å². The maximum absolute atomic E-state index is 13.0. The number of carbonyl (C=O) groups is 1. The predicted molar refractivity (Wildman–Crippen MR) is 109 cm³/mol. The zero-order valence-corrected chi connectivity index (χ0v) is 17.7. The van der Waals surface area contributed by atoms with E-state index in [0.29, 0.717) is 21.2 Å². The van der Waals surface area contributed by atoms with Crippen LogP contribution < -0.4 is 0 Å². The number of nitrogens with zero attached hydrogens (tertiary/aromatic N) is 3. The SMILES string of the molecule is Cc1ccc([N+](=O)[O-])cc1S(=O)(=O)N1CCN(C(=O)c2cc(Cl)cc(Cl)c2)CC1. The summed E-state index contributed by atoms with van der Waals surface area (Å²) in [6, 6.07) is 8.27. The predicted octanol–water partition coefficient (Wildman–Crippen LogP) is 3.36. The average Bonchev–Trinajstić information content (AvgIpc) is 2.66. The van der Waals surface area contributed by atoms with E-state index in [9.17, 15) is 23.3 Å². The lowest BCUT2D eigenvalue weighted by molar-refractivity contribution is -0.385. The topological polar surface area (TPSA) is 101 Å². The molecule has 0 spiro atoms. The maximum atomic E-state index is 13.0. The van der Waals surface area contributed by atoms with Gasteiger partial charge in [0.1, 0.15) is 0 Å². The summed E-state index contributed by atoms with van der Waals surface area (Å²) >= 11 is 11.9. The van der Waals surface area contributed by atoms with Crippen molar-refractivity contribution in [3.05, 3.63) is 67.7 Å². The Morgan fingerprint density at radius 2 is 1.62 bits per heavy atom. The molecule has 8 nitrogen and oxygen atoms in total. The van der Waals surface area contributed by atoms with Crippen molar-refractivity contribution in [2.24, 2.45) is 0 Å². The molecule has 0 saturated carbocycles. The van der Waals surface area contributed by atoms with Crippen LogP contribution in [0.25, 0.3) is 0 Å².